The molecule has 0 aromatic heterocycles. The molecule has 0 aliphatic carbocycles. The lowest BCUT2D eigenvalue weighted by Gasteiger charge is -2.00. The third-order valence-corrected chi connectivity index (χ3v) is 2.15. The summed E-state index contributed by atoms with van der Waals surface area (Å²) in [5.74, 6) is 5.20. The number of esters is 2. The van der Waals surface area contributed by atoms with E-state index in [1.165, 1.54) is 0 Å². The Kier molecular flexibility index (Phi) is 30.7. The van der Waals surface area contributed by atoms with Crippen LogP contribution in [0.4, 0.5) is 0 Å². The Hall–Kier alpha value is -2.50. The fraction of sp³-hybridized carbons (Fsp3) is 0.444. The number of aliphatic hydroxyl groups excluding tert-OH is 1. The van der Waals surface area contributed by atoms with E-state index >= 15 is 0 Å². The van der Waals surface area contributed by atoms with Crippen molar-refractivity contribution in [2.75, 3.05) is 19.8 Å². The summed E-state index contributed by atoms with van der Waals surface area (Å²) in [6.07, 6.45) is 14.2. The lowest BCUT2D eigenvalue weighted by atomic mass is 10.3. The zero-order valence-corrected chi connectivity index (χ0v) is 15.3. The SMILES string of the molecule is C.C#CCO.C#CCOC(=O)CCC(=O)OCC#C.O=C(Cl)CCC(=O)Cl. The van der Waals surface area contributed by atoms with Crippen LogP contribution in [0.5, 0.6) is 0 Å². The Labute approximate surface area is 169 Å². The molecule has 0 radical (unpaired) electrons. The number of hydrogen-bond acceptors (Lipinski definition) is 7. The molecule has 9 heteroatoms. The summed E-state index contributed by atoms with van der Waals surface area (Å²) in [6, 6.07) is 0. The number of ether oxygens (including phenoxy) is 2. The Bertz CT molecular complexity index is 522. The molecular formula is C18H22Cl2O7. The zero-order chi connectivity index (χ0) is 20.8. The highest BCUT2D eigenvalue weighted by atomic mass is 35.5. The van der Waals surface area contributed by atoms with Crippen LogP contribution in [0.15, 0.2) is 0 Å². The average Bonchev–Trinajstić information content (AvgIpc) is 2.61. The van der Waals surface area contributed by atoms with Crippen molar-refractivity contribution in [1.82, 2.24) is 0 Å². The molecule has 7 nitrogen and oxygen atoms in total. The number of hydrogen-bond donors (Lipinski definition) is 1. The van der Waals surface area contributed by atoms with E-state index in [4.69, 9.17) is 41.2 Å². The fourth-order valence-corrected chi connectivity index (χ4v) is 0.978. The second-order valence-corrected chi connectivity index (χ2v) is 4.65. The van der Waals surface area contributed by atoms with Gasteiger partial charge in [0.05, 0.1) is 12.8 Å². The number of aliphatic hydroxyl groups is 1. The normalized spacial score (nSPS) is 7.56. The molecule has 0 aromatic rings. The van der Waals surface area contributed by atoms with Gasteiger partial charge in [0.1, 0.15) is 6.61 Å². The lowest BCUT2D eigenvalue weighted by Crippen LogP contribution is -2.10. The van der Waals surface area contributed by atoms with Crippen LogP contribution in [0.1, 0.15) is 33.1 Å². The maximum atomic E-state index is 10.8. The van der Waals surface area contributed by atoms with Crippen LogP contribution in [0.3, 0.4) is 0 Å². The van der Waals surface area contributed by atoms with Crippen LogP contribution < -0.4 is 0 Å². The first-order valence-corrected chi connectivity index (χ1v) is 7.59. The molecule has 0 unspecified atom stereocenters. The van der Waals surface area contributed by atoms with Gasteiger partial charge in [0.2, 0.25) is 10.5 Å². The molecule has 0 saturated carbocycles. The van der Waals surface area contributed by atoms with E-state index in [9.17, 15) is 19.2 Å². The van der Waals surface area contributed by atoms with Gasteiger partial charge in [-0.1, -0.05) is 25.2 Å². The number of halogens is 2. The van der Waals surface area contributed by atoms with Crippen molar-refractivity contribution in [2.45, 2.75) is 33.1 Å². The zero-order valence-electron chi connectivity index (χ0n) is 13.8. The van der Waals surface area contributed by atoms with Gasteiger partial charge in [0, 0.05) is 12.8 Å². The smallest absolute Gasteiger partial charge is 0.307 e. The second kappa shape index (κ2) is 25.7. The van der Waals surface area contributed by atoms with Crippen LogP contribution in [-0.4, -0.2) is 47.4 Å². The summed E-state index contributed by atoms with van der Waals surface area (Å²) < 4.78 is 9.05. The van der Waals surface area contributed by atoms with Crippen LogP contribution in [0, 0.1) is 37.0 Å². The van der Waals surface area contributed by atoms with E-state index in [2.05, 4.69) is 27.7 Å². The molecule has 0 saturated heterocycles. The predicted octanol–water partition coefficient (Wildman–Crippen LogP) is 1.66. The number of carbonyl (C=O) groups excluding carboxylic acids is 4. The van der Waals surface area contributed by atoms with Crippen LogP contribution in [0.25, 0.3) is 0 Å². The van der Waals surface area contributed by atoms with Crippen molar-refractivity contribution < 1.29 is 33.8 Å². The van der Waals surface area contributed by atoms with E-state index in [1.807, 2.05) is 5.92 Å². The largest absolute Gasteiger partial charge is 0.452 e. The predicted molar refractivity (Wildman–Crippen MR) is 102 cm³/mol. The van der Waals surface area contributed by atoms with Crippen molar-refractivity contribution in [1.29, 1.82) is 0 Å². The van der Waals surface area contributed by atoms with Crippen molar-refractivity contribution in [3.8, 4) is 37.0 Å². The highest BCUT2D eigenvalue weighted by molar-refractivity contribution is 6.65. The number of carbonyl (C=O) groups is 4. The van der Waals surface area contributed by atoms with Gasteiger partial charge in [-0.25, -0.2) is 0 Å². The minimum atomic E-state index is -0.529. The Morgan fingerprint density at radius 3 is 1.22 bits per heavy atom. The molecule has 0 aliphatic heterocycles. The van der Waals surface area contributed by atoms with Crippen molar-refractivity contribution >= 4 is 45.6 Å². The van der Waals surface area contributed by atoms with Gasteiger partial charge in [0.25, 0.3) is 0 Å². The lowest BCUT2D eigenvalue weighted by molar-refractivity contribution is -0.148. The second-order valence-electron chi connectivity index (χ2n) is 3.80. The average molecular weight is 421 g/mol. The topological polar surface area (TPSA) is 107 Å². The maximum Gasteiger partial charge on any atom is 0.307 e. The molecule has 0 fully saturated rings. The number of terminal acetylenes is 3. The minimum absolute atomic E-state index is 0. The number of rotatable bonds is 8. The summed E-state index contributed by atoms with van der Waals surface area (Å²) >= 11 is 9.74. The summed E-state index contributed by atoms with van der Waals surface area (Å²) in [5.41, 5.74) is 0. The molecule has 1 N–H and O–H groups in total. The third kappa shape index (κ3) is 39.9. The Morgan fingerprint density at radius 1 is 0.741 bits per heavy atom. The van der Waals surface area contributed by atoms with Gasteiger partial charge in [-0.15, -0.1) is 19.3 Å². The van der Waals surface area contributed by atoms with Crippen molar-refractivity contribution in [3.63, 3.8) is 0 Å². The van der Waals surface area contributed by atoms with E-state index < -0.39 is 22.4 Å². The van der Waals surface area contributed by atoms with Crippen LogP contribution in [0.2, 0.25) is 0 Å². The van der Waals surface area contributed by atoms with Crippen molar-refractivity contribution in [3.05, 3.63) is 0 Å². The van der Waals surface area contributed by atoms with Crippen molar-refractivity contribution in [2.24, 2.45) is 0 Å². The van der Waals surface area contributed by atoms with E-state index in [0.29, 0.717) is 0 Å². The molecule has 0 amide bonds. The van der Waals surface area contributed by atoms with Gasteiger partial charge in [0.15, 0.2) is 13.2 Å². The summed E-state index contributed by atoms with van der Waals surface area (Å²) in [6.45, 7) is -0.323. The summed E-state index contributed by atoms with van der Waals surface area (Å²) in [4.78, 5) is 41.4. The monoisotopic (exact) mass is 420 g/mol. The Morgan fingerprint density at radius 2 is 1.04 bits per heavy atom. The molecular weight excluding hydrogens is 399 g/mol. The molecule has 0 rings (SSSR count). The van der Waals surface area contributed by atoms with E-state index in [0.717, 1.165) is 0 Å². The van der Waals surface area contributed by atoms with Gasteiger partial charge in [-0.2, -0.15) is 0 Å². The third-order valence-electron chi connectivity index (χ3n) is 1.78. The fourth-order valence-electron chi connectivity index (χ4n) is 0.789. The highest BCUT2D eigenvalue weighted by Crippen LogP contribution is 1.97. The first kappa shape index (κ1) is 32.2. The molecule has 0 aromatic carbocycles. The quantitative estimate of drug-likeness (QED) is 0.361. The van der Waals surface area contributed by atoms with Crippen LogP contribution in [-0.2, 0) is 28.7 Å². The van der Waals surface area contributed by atoms with Gasteiger partial charge >= 0.3 is 11.9 Å². The molecule has 0 aliphatic rings. The van der Waals surface area contributed by atoms with Gasteiger partial charge in [-0.3, -0.25) is 19.2 Å². The highest BCUT2D eigenvalue weighted by Gasteiger charge is 2.07. The first-order valence-electron chi connectivity index (χ1n) is 6.84. The maximum absolute atomic E-state index is 10.8. The molecule has 0 atom stereocenters. The first-order chi connectivity index (χ1) is 12.2. The minimum Gasteiger partial charge on any atom is -0.452 e. The summed E-state index contributed by atoms with van der Waals surface area (Å²) in [7, 11) is 0. The van der Waals surface area contributed by atoms with Gasteiger partial charge in [-0.05, 0) is 23.2 Å². The molecule has 150 valence electrons. The molecule has 0 heterocycles. The molecule has 27 heavy (non-hydrogen) atoms. The Balaban J connectivity index is -0.000000172. The van der Waals surface area contributed by atoms with E-state index in [1.54, 1.807) is 0 Å². The van der Waals surface area contributed by atoms with E-state index in [-0.39, 0.29) is 52.9 Å². The van der Waals surface area contributed by atoms with Gasteiger partial charge < -0.3 is 14.6 Å². The standard InChI is InChI=1S/C10H10O4.C4H4Cl2O2.C3H4O.CH4/c1-3-7-13-9(11)5-6-10(12)14-8-4-2;5-3(7)1-2-4(6)8;1-2-3-4;/h1-2H,5-8H2;1-2H2;1,4H,3H2;1H4. The summed E-state index contributed by atoms with van der Waals surface area (Å²) in [5, 5.41) is 6.58. The molecule has 0 spiro atoms. The molecule has 0 bridgehead atoms. The van der Waals surface area contributed by atoms with Crippen LogP contribution >= 0.6 is 23.2 Å².